The average molecular weight is 355 g/mol. The predicted octanol–water partition coefficient (Wildman–Crippen LogP) is 2.78. The van der Waals surface area contributed by atoms with Gasteiger partial charge in [0.05, 0.1) is 3.79 Å². The molecule has 104 valence electrons. The van der Waals surface area contributed by atoms with Crippen molar-refractivity contribution in [3.63, 3.8) is 0 Å². The van der Waals surface area contributed by atoms with E-state index in [4.69, 9.17) is 5.73 Å². The summed E-state index contributed by atoms with van der Waals surface area (Å²) in [5.41, 5.74) is 5.55. The second-order valence-electron chi connectivity index (χ2n) is 3.91. The highest BCUT2D eigenvalue weighted by molar-refractivity contribution is 9.11. The molecule has 0 spiro atoms. The second kappa shape index (κ2) is 7.00. The maximum absolute atomic E-state index is 12.5. The normalized spacial score (nSPS) is 12.3. The number of thiophene rings is 1. The highest BCUT2D eigenvalue weighted by atomic mass is 79.9. The summed E-state index contributed by atoms with van der Waals surface area (Å²) >= 11 is 4.70. The Morgan fingerprint density at radius 1 is 1.44 bits per heavy atom. The molecule has 0 fully saturated rings. The summed E-state index contributed by atoms with van der Waals surface area (Å²) in [5, 5.41) is 0. The second-order valence-corrected chi connectivity index (χ2v) is 8.27. The molecule has 0 aliphatic rings. The molecule has 0 aliphatic heterocycles. The summed E-state index contributed by atoms with van der Waals surface area (Å²) in [6, 6.07) is 1.67. The fourth-order valence-corrected chi connectivity index (χ4v) is 5.59. The third-order valence-electron chi connectivity index (χ3n) is 2.64. The van der Waals surface area contributed by atoms with Gasteiger partial charge in [-0.3, -0.25) is 0 Å². The molecule has 0 bridgehead atoms. The van der Waals surface area contributed by atoms with Crippen molar-refractivity contribution in [1.29, 1.82) is 0 Å². The van der Waals surface area contributed by atoms with Gasteiger partial charge in [0.2, 0.25) is 10.0 Å². The summed E-state index contributed by atoms with van der Waals surface area (Å²) < 4.78 is 27.1. The molecule has 0 unspecified atom stereocenters. The first-order chi connectivity index (χ1) is 8.47. The van der Waals surface area contributed by atoms with Gasteiger partial charge in [0.25, 0.3) is 0 Å². The zero-order chi connectivity index (χ0) is 13.8. The first kappa shape index (κ1) is 16.1. The maximum Gasteiger partial charge on any atom is 0.245 e. The van der Waals surface area contributed by atoms with Gasteiger partial charge in [-0.25, -0.2) is 8.42 Å². The molecule has 2 N–H and O–H groups in total. The Labute approximate surface area is 121 Å². The molecule has 0 radical (unpaired) electrons. The molecule has 0 aromatic carbocycles. The third kappa shape index (κ3) is 3.54. The van der Waals surface area contributed by atoms with Crippen LogP contribution < -0.4 is 5.73 Å². The summed E-state index contributed by atoms with van der Waals surface area (Å²) in [6.45, 7) is 5.32. The zero-order valence-electron chi connectivity index (χ0n) is 10.6. The number of nitrogens with zero attached hydrogens (tertiary/aromatic N) is 1. The minimum atomic E-state index is -3.40. The Morgan fingerprint density at radius 2 is 2.11 bits per heavy atom. The van der Waals surface area contributed by atoms with Crippen LogP contribution in [0.25, 0.3) is 0 Å². The van der Waals surface area contributed by atoms with E-state index in [1.54, 1.807) is 6.07 Å². The molecular formula is C11H19BrN2O2S2. The zero-order valence-corrected chi connectivity index (χ0v) is 13.9. The fourth-order valence-electron chi connectivity index (χ4n) is 1.60. The average Bonchev–Trinajstić information content (AvgIpc) is 2.72. The van der Waals surface area contributed by atoms with Crippen molar-refractivity contribution in [2.45, 2.75) is 38.1 Å². The molecule has 7 heteroatoms. The van der Waals surface area contributed by atoms with Crippen LogP contribution in [0, 0.1) is 0 Å². The van der Waals surface area contributed by atoms with Crippen LogP contribution in [-0.4, -0.2) is 25.8 Å². The van der Waals surface area contributed by atoms with E-state index in [-0.39, 0.29) is 0 Å². The van der Waals surface area contributed by atoms with E-state index in [1.165, 1.54) is 15.6 Å². The molecule has 0 atom stereocenters. The van der Waals surface area contributed by atoms with Crippen LogP contribution in [0.5, 0.6) is 0 Å². The summed E-state index contributed by atoms with van der Waals surface area (Å²) in [6.07, 6.45) is 1.85. The van der Waals surface area contributed by atoms with E-state index < -0.39 is 10.0 Å². The van der Waals surface area contributed by atoms with Gasteiger partial charge < -0.3 is 5.73 Å². The van der Waals surface area contributed by atoms with Crippen molar-refractivity contribution in [1.82, 2.24) is 4.31 Å². The molecule has 1 heterocycles. The lowest BCUT2D eigenvalue weighted by Gasteiger charge is -2.19. The first-order valence-corrected chi connectivity index (χ1v) is 9.00. The number of rotatable bonds is 7. The first-order valence-electron chi connectivity index (χ1n) is 5.95. The van der Waals surface area contributed by atoms with E-state index >= 15 is 0 Å². The van der Waals surface area contributed by atoms with Gasteiger partial charge in [-0.05, 0) is 28.4 Å². The number of hydrogen-bond donors (Lipinski definition) is 1. The van der Waals surface area contributed by atoms with Gasteiger partial charge in [-0.1, -0.05) is 20.3 Å². The van der Waals surface area contributed by atoms with Crippen molar-refractivity contribution in [2.24, 2.45) is 5.73 Å². The van der Waals surface area contributed by atoms with Crippen molar-refractivity contribution in [3.05, 3.63) is 14.7 Å². The van der Waals surface area contributed by atoms with Crippen LogP contribution in [-0.2, 0) is 16.6 Å². The Balaban J connectivity index is 3.06. The van der Waals surface area contributed by atoms with E-state index in [9.17, 15) is 8.42 Å². The largest absolute Gasteiger partial charge is 0.326 e. The Morgan fingerprint density at radius 3 is 2.56 bits per heavy atom. The lowest BCUT2D eigenvalue weighted by Crippen LogP contribution is -2.31. The van der Waals surface area contributed by atoms with Crippen LogP contribution in [0.15, 0.2) is 14.7 Å². The Hall–Kier alpha value is 0.0500. The Kier molecular flexibility index (Phi) is 6.26. The molecule has 1 aromatic heterocycles. The molecule has 0 saturated carbocycles. The highest BCUT2D eigenvalue weighted by Crippen LogP contribution is 2.33. The molecule has 1 rings (SSSR count). The minimum Gasteiger partial charge on any atom is -0.326 e. The Bertz CT molecular complexity index is 485. The van der Waals surface area contributed by atoms with Crippen LogP contribution in [0.4, 0.5) is 0 Å². The summed E-state index contributed by atoms with van der Waals surface area (Å²) in [4.78, 5) is 1.21. The number of hydrogen-bond acceptors (Lipinski definition) is 4. The van der Waals surface area contributed by atoms with E-state index in [0.29, 0.717) is 28.3 Å². The van der Waals surface area contributed by atoms with Gasteiger partial charge in [0.1, 0.15) is 4.90 Å². The lowest BCUT2D eigenvalue weighted by atomic mass is 10.3. The molecule has 0 amide bonds. The predicted molar refractivity (Wildman–Crippen MR) is 79.3 cm³/mol. The highest BCUT2D eigenvalue weighted by Gasteiger charge is 2.26. The third-order valence-corrected chi connectivity index (χ3v) is 6.89. The molecule has 0 saturated heterocycles. The van der Waals surface area contributed by atoms with E-state index in [2.05, 4.69) is 15.9 Å². The number of sulfonamides is 1. The molecular weight excluding hydrogens is 336 g/mol. The van der Waals surface area contributed by atoms with E-state index in [0.717, 1.165) is 17.7 Å². The van der Waals surface area contributed by atoms with Gasteiger partial charge in [0.15, 0.2) is 0 Å². The van der Waals surface area contributed by atoms with Gasteiger partial charge in [-0.2, -0.15) is 4.31 Å². The lowest BCUT2D eigenvalue weighted by molar-refractivity contribution is 0.419. The topological polar surface area (TPSA) is 63.4 Å². The van der Waals surface area contributed by atoms with Crippen LogP contribution in [0.1, 0.15) is 31.6 Å². The van der Waals surface area contributed by atoms with Gasteiger partial charge in [0, 0.05) is 24.5 Å². The van der Waals surface area contributed by atoms with Crippen LogP contribution >= 0.6 is 27.3 Å². The fraction of sp³-hybridized carbons (Fsp3) is 0.636. The van der Waals surface area contributed by atoms with E-state index in [1.807, 2.05) is 13.8 Å². The summed E-state index contributed by atoms with van der Waals surface area (Å²) in [7, 11) is -3.40. The molecule has 18 heavy (non-hydrogen) atoms. The van der Waals surface area contributed by atoms with Crippen molar-refractivity contribution in [3.8, 4) is 0 Å². The number of halogens is 1. The van der Waals surface area contributed by atoms with Crippen LogP contribution in [0.3, 0.4) is 0 Å². The molecule has 4 nitrogen and oxygen atoms in total. The molecule has 0 aliphatic carbocycles. The monoisotopic (exact) mass is 354 g/mol. The standard InChI is InChI=1S/C11H19BrN2O2S2/c1-3-5-6-14(4-2)18(15,16)10-7-9(8-13)17-11(10)12/h7H,3-6,8,13H2,1-2H3. The SMILES string of the molecule is CCCCN(CC)S(=O)(=O)c1cc(CN)sc1Br. The number of unbranched alkanes of at least 4 members (excludes halogenated alkanes) is 1. The minimum absolute atomic E-state index is 0.339. The quantitative estimate of drug-likeness (QED) is 0.818. The van der Waals surface area contributed by atoms with Crippen molar-refractivity contribution < 1.29 is 8.42 Å². The number of nitrogens with two attached hydrogens (primary N) is 1. The van der Waals surface area contributed by atoms with Crippen LogP contribution in [0.2, 0.25) is 0 Å². The molecule has 1 aromatic rings. The van der Waals surface area contributed by atoms with Crippen molar-refractivity contribution in [2.75, 3.05) is 13.1 Å². The smallest absolute Gasteiger partial charge is 0.245 e. The van der Waals surface area contributed by atoms with Gasteiger partial charge >= 0.3 is 0 Å². The maximum atomic E-state index is 12.5. The van der Waals surface area contributed by atoms with Crippen molar-refractivity contribution >= 4 is 37.3 Å². The summed E-state index contributed by atoms with van der Waals surface area (Å²) in [5.74, 6) is 0. The van der Waals surface area contributed by atoms with Gasteiger partial charge in [-0.15, -0.1) is 11.3 Å².